The lowest BCUT2D eigenvalue weighted by Crippen LogP contribution is -2.42. The Morgan fingerprint density at radius 2 is 1.78 bits per heavy atom. The van der Waals surface area contributed by atoms with Gasteiger partial charge in [0.15, 0.2) is 0 Å². The maximum absolute atomic E-state index is 12.8. The van der Waals surface area contributed by atoms with Gasteiger partial charge >= 0.3 is 12.1 Å². The van der Waals surface area contributed by atoms with E-state index in [1.54, 1.807) is 6.07 Å². The number of carbonyl (C=O) groups is 1. The molecule has 0 fully saturated rings. The normalized spacial score (nSPS) is 15.7. The van der Waals surface area contributed by atoms with E-state index in [0.717, 1.165) is 27.3 Å². The number of alkyl halides is 3. The molecule has 0 saturated heterocycles. The molecular formula is C20H20ClF3N2O. The Bertz CT molecular complexity index is 824. The summed E-state index contributed by atoms with van der Waals surface area (Å²) in [7, 11) is 0. The highest BCUT2D eigenvalue weighted by Crippen LogP contribution is 2.34. The molecule has 0 aliphatic carbocycles. The molecule has 1 N–H and O–H groups in total. The number of nitrogens with zero attached hydrogens (tertiary/aromatic N) is 1. The largest absolute Gasteiger partial charge is 0.471 e. The molecule has 2 aromatic rings. The van der Waals surface area contributed by atoms with Crippen LogP contribution in [0.15, 0.2) is 42.5 Å². The van der Waals surface area contributed by atoms with E-state index in [-0.39, 0.29) is 19.1 Å². The van der Waals surface area contributed by atoms with E-state index in [1.807, 2.05) is 43.3 Å². The van der Waals surface area contributed by atoms with E-state index < -0.39 is 12.1 Å². The minimum atomic E-state index is -4.85. The van der Waals surface area contributed by atoms with Crippen molar-refractivity contribution in [2.24, 2.45) is 0 Å². The SMILES string of the molecule is CC(Nc1c(Cl)ccc2c1CCN(C(=O)C(F)(F)F)CC2)c1ccccc1. The minimum Gasteiger partial charge on any atom is -0.377 e. The summed E-state index contributed by atoms with van der Waals surface area (Å²) in [5.74, 6) is -1.78. The van der Waals surface area contributed by atoms with Crippen LogP contribution in [0, 0.1) is 0 Å². The average Bonchev–Trinajstić information content (AvgIpc) is 2.86. The van der Waals surface area contributed by atoms with E-state index in [2.05, 4.69) is 5.32 Å². The molecule has 2 aromatic carbocycles. The summed E-state index contributed by atoms with van der Waals surface area (Å²) in [6.07, 6.45) is -4.17. The van der Waals surface area contributed by atoms with Gasteiger partial charge in [0.2, 0.25) is 0 Å². The molecule has 1 atom stereocenters. The van der Waals surface area contributed by atoms with Crippen molar-refractivity contribution in [2.45, 2.75) is 32.0 Å². The number of carbonyl (C=O) groups excluding carboxylic acids is 1. The number of amides is 1. The third kappa shape index (κ3) is 4.38. The first-order valence-corrected chi connectivity index (χ1v) is 9.13. The maximum atomic E-state index is 12.8. The first-order chi connectivity index (χ1) is 12.8. The molecule has 1 heterocycles. The molecule has 1 unspecified atom stereocenters. The van der Waals surface area contributed by atoms with Gasteiger partial charge in [0, 0.05) is 19.1 Å². The highest BCUT2D eigenvalue weighted by molar-refractivity contribution is 6.33. The minimum absolute atomic E-state index is 0.0140. The van der Waals surface area contributed by atoms with E-state index in [1.165, 1.54) is 0 Å². The standard InChI is InChI=1S/C20H20ClF3N2O/c1-13(14-5-3-2-4-6-14)25-18-16-10-12-26(19(27)20(22,23)24)11-9-15(16)7-8-17(18)21/h2-8,13,25H,9-12H2,1H3. The molecule has 1 aliphatic rings. The molecule has 3 rings (SSSR count). The number of fused-ring (bicyclic) bond motifs is 1. The van der Waals surface area contributed by atoms with Crippen LogP contribution in [0.25, 0.3) is 0 Å². The predicted molar refractivity (Wildman–Crippen MR) is 100.0 cm³/mol. The van der Waals surface area contributed by atoms with E-state index in [9.17, 15) is 18.0 Å². The summed E-state index contributed by atoms with van der Waals surface area (Å²) in [5, 5.41) is 3.92. The molecule has 0 spiro atoms. The Morgan fingerprint density at radius 3 is 2.44 bits per heavy atom. The van der Waals surface area contributed by atoms with Crippen LogP contribution in [-0.2, 0) is 17.6 Å². The number of hydrogen-bond acceptors (Lipinski definition) is 2. The first kappa shape index (κ1) is 19.5. The van der Waals surface area contributed by atoms with Crippen molar-refractivity contribution in [3.05, 3.63) is 64.2 Å². The van der Waals surface area contributed by atoms with E-state index in [0.29, 0.717) is 17.9 Å². The lowest BCUT2D eigenvalue weighted by atomic mass is 9.99. The fourth-order valence-corrected chi connectivity index (χ4v) is 3.61. The Balaban J connectivity index is 1.85. The summed E-state index contributed by atoms with van der Waals surface area (Å²) in [6, 6.07) is 13.4. The number of benzene rings is 2. The van der Waals surface area contributed by atoms with Crippen molar-refractivity contribution >= 4 is 23.2 Å². The van der Waals surface area contributed by atoms with Gasteiger partial charge in [0.25, 0.3) is 0 Å². The van der Waals surface area contributed by atoms with Crippen LogP contribution in [0.4, 0.5) is 18.9 Å². The lowest BCUT2D eigenvalue weighted by Gasteiger charge is -2.22. The second kappa shape index (κ2) is 7.80. The molecule has 0 bridgehead atoms. The molecule has 3 nitrogen and oxygen atoms in total. The quantitative estimate of drug-likeness (QED) is 0.791. The number of rotatable bonds is 3. The summed E-state index contributed by atoms with van der Waals surface area (Å²) in [5.41, 5.74) is 3.60. The first-order valence-electron chi connectivity index (χ1n) is 8.75. The average molecular weight is 397 g/mol. The topological polar surface area (TPSA) is 32.3 Å². The number of hydrogen-bond donors (Lipinski definition) is 1. The highest BCUT2D eigenvalue weighted by atomic mass is 35.5. The Morgan fingerprint density at radius 1 is 1.11 bits per heavy atom. The molecular weight excluding hydrogens is 377 g/mol. The van der Waals surface area contributed by atoms with Gasteiger partial charge in [0.05, 0.1) is 10.7 Å². The van der Waals surface area contributed by atoms with Gasteiger partial charge in [-0.1, -0.05) is 48.0 Å². The van der Waals surface area contributed by atoms with Gasteiger partial charge in [-0.05, 0) is 42.5 Å². The fourth-order valence-electron chi connectivity index (χ4n) is 3.38. The van der Waals surface area contributed by atoms with Crippen molar-refractivity contribution in [3.63, 3.8) is 0 Å². The monoisotopic (exact) mass is 396 g/mol. The van der Waals surface area contributed by atoms with Crippen LogP contribution >= 0.6 is 11.6 Å². The maximum Gasteiger partial charge on any atom is 0.471 e. The van der Waals surface area contributed by atoms with Gasteiger partial charge < -0.3 is 10.2 Å². The number of anilines is 1. The summed E-state index contributed by atoms with van der Waals surface area (Å²) in [4.78, 5) is 12.5. The molecule has 0 aromatic heterocycles. The summed E-state index contributed by atoms with van der Waals surface area (Å²) in [6.45, 7) is 2.06. The smallest absolute Gasteiger partial charge is 0.377 e. The van der Waals surface area contributed by atoms with E-state index in [4.69, 9.17) is 11.6 Å². The predicted octanol–water partition coefficient (Wildman–Crippen LogP) is 5.00. The summed E-state index contributed by atoms with van der Waals surface area (Å²) < 4.78 is 38.3. The summed E-state index contributed by atoms with van der Waals surface area (Å²) >= 11 is 6.39. The zero-order chi connectivity index (χ0) is 19.6. The van der Waals surface area contributed by atoms with Gasteiger partial charge in [-0.3, -0.25) is 4.79 Å². The molecule has 144 valence electrons. The third-order valence-electron chi connectivity index (χ3n) is 4.83. The van der Waals surface area contributed by atoms with Gasteiger partial charge in [0.1, 0.15) is 0 Å². The Labute approximate surface area is 161 Å². The van der Waals surface area contributed by atoms with Crippen LogP contribution in [0.5, 0.6) is 0 Å². The highest BCUT2D eigenvalue weighted by Gasteiger charge is 2.42. The van der Waals surface area contributed by atoms with Crippen molar-refractivity contribution in [2.75, 3.05) is 18.4 Å². The second-order valence-electron chi connectivity index (χ2n) is 6.63. The molecule has 1 amide bonds. The van der Waals surface area contributed by atoms with Gasteiger partial charge in [-0.15, -0.1) is 0 Å². The van der Waals surface area contributed by atoms with Crippen molar-refractivity contribution in [3.8, 4) is 0 Å². The van der Waals surface area contributed by atoms with Gasteiger partial charge in [-0.25, -0.2) is 0 Å². The van der Waals surface area contributed by atoms with Crippen LogP contribution in [-0.4, -0.2) is 30.1 Å². The van der Waals surface area contributed by atoms with Crippen molar-refractivity contribution < 1.29 is 18.0 Å². The molecule has 27 heavy (non-hydrogen) atoms. The zero-order valence-corrected chi connectivity index (χ0v) is 15.6. The van der Waals surface area contributed by atoms with Crippen LogP contribution in [0.3, 0.4) is 0 Å². The van der Waals surface area contributed by atoms with E-state index >= 15 is 0 Å². The van der Waals surface area contributed by atoms with Crippen LogP contribution in [0.1, 0.15) is 29.7 Å². The Kier molecular flexibility index (Phi) is 5.65. The van der Waals surface area contributed by atoms with Gasteiger partial charge in [-0.2, -0.15) is 13.2 Å². The molecule has 7 heteroatoms. The van der Waals surface area contributed by atoms with Crippen molar-refractivity contribution in [1.29, 1.82) is 0 Å². The molecule has 0 radical (unpaired) electrons. The lowest BCUT2D eigenvalue weighted by molar-refractivity contribution is -0.185. The molecule has 1 aliphatic heterocycles. The molecule has 0 saturated carbocycles. The van der Waals surface area contributed by atoms with Crippen molar-refractivity contribution in [1.82, 2.24) is 4.90 Å². The number of nitrogens with one attached hydrogen (secondary N) is 1. The van der Waals surface area contributed by atoms with Crippen LogP contribution in [0.2, 0.25) is 5.02 Å². The zero-order valence-electron chi connectivity index (χ0n) is 14.8. The third-order valence-corrected chi connectivity index (χ3v) is 5.15. The number of halogens is 4. The Hall–Kier alpha value is -2.21. The fraction of sp³-hybridized carbons (Fsp3) is 0.350. The van der Waals surface area contributed by atoms with Crippen LogP contribution < -0.4 is 5.32 Å². The second-order valence-corrected chi connectivity index (χ2v) is 7.03.